The van der Waals surface area contributed by atoms with Crippen LogP contribution in [-0.2, 0) is 0 Å². The molecule has 0 unspecified atom stereocenters. The van der Waals surface area contributed by atoms with Gasteiger partial charge >= 0.3 is 0 Å². The summed E-state index contributed by atoms with van der Waals surface area (Å²) in [6, 6.07) is 12.5. The number of oxazole rings is 1. The van der Waals surface area contributed by atoms with Crippen molar-refractivity contribution in [2.75, 3.05) is 5.32 Å². The molecule has 2 N–H and O–H groups in total. The van der Waals surface area contributed by atoms with Gasteiger partial charge in [-0.1, -0.05) is 0 Å². The predicted molar refractivity (Wildman–Crippen MR) is 116 cm³/mol. The normalized spacial score (nSPS) is 10.9. The second-order valence-corrected chi connectivity index (χ2v) is 7.37. The fraction of sp³-hybridized carbons (Fsp3) is 0.130. The van der Waals surface area contributed by atoms with Gasteiger partial charge in [-0.3, -0.25) is 14.9 Å². The van der Waals surface area contributed by atoms with Crippen LogP contribution in [-0.4, -0.2) is 20.9 Å². The minimum atomic E-state index is -0.493. The fourth-order valence-electron chi connectivity index (χ4n) is 3.29. The van der Waals surface area contributed by atoms with E-state index in [0.717, 1.165) is 11.1 Å². The second-order valence-electron chi connectivity index (χ2n) is 7.37. The quantitative estimate of drug-likeness (QED) is 0.265. The third kappa shape index (κ3) is 3.83. The van der Waals surface area contributed by atoms with Crippen molar-refractivity contribution in [1.29, 1.82) is 0 Å². The standard InChI is InChI=1S/C23H19N3O5/c1-12-9-18-21(10-13(12)2)31-23(25-18)17-11-16(5-7-20(17)27)24-22(28)15-4-6-19(26(29)30)14(3)8-15/h4-11,27H,1-3H3,(H,24,28). The number of anilines is 1. The first kappa shape index (κ1) is 20.1. The fourth-order valence-corrected chi connectivity index (χ4v) is 3.29. The van der Waals surface area contributed by atoms with Crippen molar-refractivity contribution in [3.05, 3.63) is 80.9 Å². The van der Waals surface area contributed by atoms with Crippen molar-refractivity contribution in [3.63, 3.8) is 0 Å². The summed E-state index contributed by atoms with van der Waals surface area (Å²) in [7, 11) is 0. The number of rotatable bonds is 4. The number of fused-ring (bicyclic) bond motifs is 1. The minimum absolute atomic E-state index is 0.0378. The average Bonchev–Trinajstić information content (AvgIpc) is 3.11. The van der Waals surface area contributed by atoms with Crippen LogP contribution in [0, 0.1) is 30.9 Å². The molecule has 1 amide bonds. The lowest BCUT2D eigenvalue weighted by atomic mass is 10.1. The van der Waals surface area contributed by atoms with Crippen molar-refractivity contribution >= 4 is 28.4 Å². The molecule has 3 aromatic carbocycles. The molecule has 0 aliphatic heterocycles. The highest BCUT2D eigenvalue weighted by molar-refractivity contribution is 6.05. The van der Waals surface area contributed by atoms with Gasteiger partial charge in [0.05, 0.1) is 10.5 Å². The molecule has 4 rings (SSSR count). The Bertz CT molecular complexity index is 1320. The Morgan fingerprint density at radius 2 is 1.77 bits per heavy atom. The second kappa shape index (κ2) is 7.56. The number of amides is 1. The predicted octanol–water partition coefficient (Wildman–Crippen LogP) is 5.29. The molecule has 8 heteroatoms. The number of hydrogen-bond donors (Lipinski definition) is 2. The van der Waals surface area contributed by atoms with Crippen LogP contribution in [0.1, 0.15) is 27.0 Å². The topological polar surface area (TPSA) is 118 Å². The van der Waals surface area contributed by atoms with Gasteiger partial charge in [0.1, 0.15) is 11.3 Å². The number of aromatic hydroxyl groups is 1. The minimum Gasteiger partial charge on any atom is -0.507 e. The molecule has 4 aromatic rings. The van der Waals surface area contributed by atoms with E-state index in [9.17, 15) is 20.0 Å². The number of carbonyl (C=O) groups is 1. The zero-order valence-electron chi connectivity index (χ0n) is 17.1. The molecule has 156 valence electrons. The Morgan fingerprint density at radius 1 is 1.03 bits per heavy atom. The van der Waals surface area contributed by atoms with Gasteiger partial charge in [-0.25, -0.2) is 4.98 Å². The van der Waals surface area contributed by atoms with Crippen molar-refractivity contribution < 1.29 is 19.2 Å². The molecule has 0 atom stereocenters. The van der Waals surface area contributed by atoms with Crippen molar-refractivity contribution in [3.8, 4) is 17.2 Å². The smallest absolute Gasteiger partial charge is 0.272 e. The van der Waals surface area contributed by atoms with Gasteiger partial charge in [0.2, 0.25) is 5.89 Å². The largest absolute Gasteiger partial charge is 0.507 e. The molecule has 0 saturated heterocycles. The molecule has 1 aromatic heterocycles. The summed E-state index contributed by atoms with van der Waals surface area (Å²) in [4.78, 5) is 27.5. The molecule has 0 bridgehead atoms. The van der Waals surface area contributed by atoms with E-state index in [4.69, 9.17) is 4.42 Å². The van der Waals surface area contributed by atoms with Crippen LogP contribution >= 0.6 is 0 Å². The zero-order valence-corrected chi connectivity index (χ0v) is 17.1. The number of nitrogens with one attached hydrogen (secondary N) is 1. The Kier molecular flexibility index (Phi) is 4.90. The van der Waals surface area contributed by atoms with Gasteiger partial charge in [0.25, 0.3) is 11.6 Å². The highest BCUT2D eigenvalue weighted by atomic mass is 16.6. The van der Waals surface area contributed by atoms with Gasteiger partial charge < -0.3 is 14.8 Å². The van der Waals surface area contributed by atoms with Crippen LogP contribution in [0.3, 0.4) is 0 Å². The summed E-state index contributed by atoms with van der Waals surface area (Å²) in [6.45, 7) is 5.53. The molecule has 1 heterocycles. The van der Waals surface area contributed by atoms with Gasteiger partial charge in [-0.2, -0.15) is 0 Å². The monoisotopic (exact) mass is 417 g/mol. The maximum atomic E-state index is 12.6. The number of phenolic OH excluding ortho intramolecular Hbond substituents is 1. The number of benzene rings is 3. The lowest BCUT2D eigenvalue weighted by Gasteiger charge is -2.08. The number of phenols is 1. The van der Waals surface area contributed by atoms with E-state index < -0.39 is 10.8 Å². The summed E-state index contributed by atoms with van der Waals surface area (Å²) >= 11 is 0. The third-order valence-electron chi connectivity index (χ3n) is 5.14. The number of hydrogen-bond acceptors (Lipinski definition) is 6. The Labute approximate surface area is 177 Å². The van der Waals surface area contributed by atoms with Crippen LogP contribution < -0.4 is 5.32 Å². The lowest BCUT2D eigenvalue weighted by molar-refractivity contribution is -0.385. The number of carbonyl (C=O) groups excluding carboxylic acids is 1. The van der Waals surface area contributed by atoms with E-state index >= 15 is 0 Å². The number of nitro groups is 1. The van der Waals surface area contributed by atoms with E-state index in [-0.39, 0.29) is 22.9 Å². The van der Waals surface area contributed by atoms with Gasteiger partial charge in [-0.15, -0.1) is 0 Å². The number of nitrogens with zero attached hydrogens (tertiary/aromatic N) is 2. The molecule has 8 nitrogen and oxygen atoms in total. The highest BCUT2D eigenvalue weighted by Gasteiger charge is 2.17. The molecule has 0 aliphatic rings. The first-order chi connectivity index (χ1) is 14.7. The highest BCUT2D eigenvalue weighted by Crippen LogP contribution is 2.34. The van der Waals surface area contributed by atoms with Crippen molar-refractivity contribution in [2.45, 2.75) is 20.8 Å². The number of nitro benzene ring substituents is 1. The molecule has 0 saturated carbocycles. The maximum absolute atomic E-state index is 12.6. The molecule has 0 aliphatic carbocycles. The summed E-state index contributed by atoms with van der Waals surface area (Å²) in [6.07, 6.45) is 0. The van der Waals surface area contributed by atoms with Gasteiger partial charge in [0, 0.05) is 22.9 Å². The summed E-state index contributed by atoms with van der Waals surface area (Å²) < 4.78 is 5.82. The first-order valence-corrected chi connectivity index (χ1v) is 9.50. The van der Waals surface area contributed by atoms with E-state index in [1.165, 1.54) is 24.3 Å². The molecular formula is C23H19N3O5. The first-order valence-electron chi connectivity index (χ1n) is 9.50. The van der Waals surface area contributed by atoms with Gasteiger partial charge in [0.15, 0.2) is 5.58 Å². The maximum Gasteiger partial charge on any atom is 0.272 e. The van der Waals surface area contributed by atoms with Crippen LogP contribution in [0.5, 0.6) is 5.75 Å². The Morgan fingerprint density at radius 3 is 2.48 bits per heavy atom. The third-order valence-corrected chi connectivity index (χ3v) is 5.14. The van der Waals surface area contributed by atoms with E-state index in [2.05, 4.69) is 10.3 Å². The zero-order chi connectivity index (χ0) is 22.3. The summed E-state index contributed by atoms with van der Waals surface area (Å²) in [5.41, 5.74) is 4.81. The van der Waals surface area contributed by atoms with Crippen LogP contribution in [0.25, 0.3) is 22.6 Å². The SMILES string of the molecule is Cc1cc2nc(-c3cc(NC(=O)c4ccc([N+](=O)[O-])c(C)c4)ccc3O)oc2cc1C. The lowest BCUT2D eigenvalue weighted by Crippen LogP contribution is -2.12. The van der Waals surface area contributed by atoms with Gasteiger partial charge in [-0.05, 0) is 74.4 Å². The molecule has 31 heavy (non-hydrogen) atoms. The summed E-state index contributed by atoms with van der Waals surface area (Å²) in [5, 5.41) is 24.0. The van der Waals surface area contributed by atoms with Crippen LogP contribution in [0.2, 0.25) is 0 Å². The number of aryl methyl sites for hydroxylation is 3. The average molecular weight is 417 g/mol. The van der Waals surface area contributed by atoms with Crippen molar-refractivity contribution in [1.82, 2.24) is 4.98 Å². The van der Waals surface area contributed by atoms with Crippen LogP contribution in [0.4, 0.5) is 11.4 Å². The molecule has 0 fully saturated rings. The van der Waals surface area contributed by atoms with E-state index in [0.29, 0.717) is 27.9 Å². The Balaban J connectivity index is 1.64. The van der Waals surface area contributed by atoms with E-state index in [1.54, 1.807) is 19.1 Å². The molecular weight excluding hydrogens is 398 g/mol. The molecule has 0 spiro atoms. The summed E-state index contributed by atoms with van der Waals surface area (Å²) in [5.74, 6) is -0.234. The van der Waals surface area contributed by atoms with Crippen LogP contribution in [0.15, 0.2) is 52.9 Å². The number of aromatic nitrogens is 1. The van der Waals surface area contributed by atoms with Crippen molar-refractivity contribution in [2.24, 2.45) is 0 Å². The van der Waals surface area contributed by atoms with E-state index in [1.807, 2.05) is 26.0 Å². The molecule has 0 radical (unpaired) electrons. The Hall–Kier alpha value is -4.20.